The van der Waals surface area contributed by atoms with Crippen molar-refractivity contribution in [1.82, 2.24) is 0 Å². The molecule has 1 heterocycles. The number of hydrogen-bond donors (Lipinski definition) is 5. The third-order valence-corrected chi connectivity index (χ3v) is 6.94. The van der Waals surface area contributed by atoms with Crippen LogP contribution >= 0.6 is 0 Å². The van der Waals surface area contributed by atoms with E-state index in [9.17, 15) is 15.0 Å². The molecule has 0 spiro atoms. The summed E-state index contributed by atoms with van der Waals surface area (Å²) in [6, 6.07) is 24.2. The highest BCUT2D eigenvalue weighted by Gasteiger charge is 2.24. The molecule has 0 saturated carbocycles. The number of aromatic hydroxyl groups is 2. The summed E-state index contributed by atoms with van der Waals surface area (Å²) in [7, 11) is 1.71. The molecule has 5 rings (SSSR count). The smallest absolute Gasteiger partial charge is 0.335 e. The van der Waals surface area contributed by atoms with Crippen LogP contribution in [0.15, 0.2) is 78.9 Å². The number of rotatable bonds is 8. The maximum absolute atomic E-state index is 10.8. The van der Waals surface area contributed by atoms with Crippen LogP contribution in [0.1, 0.15) is 10.4 Å². The fourth-order valence-electron chi connectivity index (χ4n) is 4.79. The number of carbonyl (C=O) groups is 1. The molecule has 4 aromatic rings. The number of aliphatic hydroxyl groups is 1. The molecule has 1 aliphatic heterocycles. The van der Waals surface area contributed by atoms with Crippen LogP contribution in [0.3, 0.4) is 0 Å². The molecule has 216 valence electrons. The average Bonchev–Trinajstić information content (AvgIpc) is 2.99. The minimum Gasteiger partial charge on any atom is -0.869 e. The number of nitrogens with one attached hydrogen (secondary N) is 1. The van der Waals surface area contributed by atoms with Gasteiger partial charge in [-0.05, 0) is 41.5 Å². The van der Waals surface area contributed by atoms with E-state index in [0.717, 1.165) is 66.3 Å². The van der Waals surface area contributed by atoms with E-state index in [1.165, 1.54) is 4.90 Å². The number of para-hydroxylation sites is 2. The molecular formula is C31H34N2O8. The van der Waals surface area contributed by atoms with Gasteiger partial charge in [0.1, 0.15) is 36.5 Å². The molecule has 0 aromatic heterocycles. The lowest BCUT2D eigenvalue weighted by Crippen LogP contribution is -3.16. The Kier molecular flexibility index (Phi) is 9.73. The topological polar surface area (TPSA) is 147 Å². The van der Waals surface area contributed by atoms with E-state index in [1.54, 1.807) is 7.11 Å². The molecule has 5 N–H and O–H groups in total. The van der Waals surface area contributed by atoms with Crippen molar-refractivity contribution in [1.29, 1.82) is 0 Å². The van der Waals surface area contributed by atoms with Gasteiger partial charge >= 0.3 is 5.97 Å². The predicted octanol–water partition coefficient (Wildman–Crippen LogP) is 1.86. The molecule has 4 aromatic carbocycles. The average molecular weight is 563 g/mol. The number of carboxylic acid groups (broad SMARTS) is 1. The van der Waals surface area contributed by atoms with Gasteiger partial charge in [0.05, 0.1) is 44.5 Å². The highest BCUT2D eigenvalue weighted by atomic mass is 16.5. The molecule has 1 aliphatic rings. The van der Waals surface area contributed by atoms with Gasteiger partial charge in [-0.2, -0.15) is 0 Å². The highest BCUT2D eigenvalue weighted by molar-refractivity contribution is 5.92. The lowest BCUT2D eigenvalue weighted by atomic mass is 10.1. The van der Waals surface area contributed by atoms with Crippen molar-refractivity contribution in [2.24, 2.45) is 0 Å². The summed E-state index contributed by atoms with van der Waals surface area (Å²) in [5.41, 5.74) is 0.583. The highest BCUT2D eigenvalue weighted by Crippen LogP contribution is 2.34. The number of methoxy groups -OCH3 is 1. The standard InChI is InChI=1S/C24H28N2O3.C7H6O5/c1-28-24-11-5-4-10-22(24)26-15-13-25(14-16-26)17-20(27)18-29-23-12-6-8-19-7-2-3-9-21(19)23;8-4-2-1-3(7(11)12)5(9)6(4)10/h2-12,20,27H,13-18H2,1H3;1-2,8-10H,(H,11,12)/t20-;/m0./s1. The molecule has 0 radical (unpaired) electrons. The van der Waals surface area contributed by atoms with E-state index in [2.05, 4.69) is 29.2 Å². The first-order valence-corrected chi connectivity index (χ1v) is 13.2. The molecular weight excluding hydrogens is 528 g/mol. The second-order valence-electron chi connectivity index (χ2n) is 9.67. The molecule has 10 heteroatoms. The number of aromatic carboxylic acids is 1. The van der Waals surface area contributed by atoms with Crippen molar-refractivity contribution < 1.29 is 44.7 Å². The Morgan fingerprint density at radius 2 is 1.61 bits per heavy atom. The normalized spacial score (nSPS) is 14.1. The van der Waals surface area contributed by atoms with E-state index in [4.69, 9.17) is 24.8 Å². The summed E-state index contributed by atoms with van der Waals surface area (Å²) in [4.78, 5) is 14.1. The van der Waals surface area contributed by atoms with Crippen molar-refractivity contribution in [2.75, 3.05) is 51.3 Å². The lowest BCUT2D eigenvalue weighted by Gasteiger charge is -2.35. The van der Waals surface area contributed by atoms with Gasteiger partial charge in [-0.25, -0.2) is 4.79 Å². The van der Waals surface area contributed by atoms with Crippen molar-refractivity contribution in [3.05, 3.63) is 84.4 Å². The van der Waals surface area contributed by atoms with E-state index in [-0.39, 0.29) is 0 Å². The number of carboxylic acids is 1. The molecule has 0 bridgehead atoms. The largest absolute Gasteiger partial charge is 0.869 e. The van der Waals surface area contributed by atoms with Crippen LogP contribution in [-0.2, 0) is 0 Å². The number of aliphatic hydroxyl groups excluding tert-OH is 1. The van der Waals surface area contributed by atoms with E-state index < -0.39 is 34.9 Å². The maximum atomic E-state index is 10.8. The Hall–Kier alpha value is -4.67. The van der Waals surface area contributed by atoms with Gasteiger partial charge in [0.15, 0.2) is 5.75 Å². The zero-order valence-electron chi connectivity index (χ0n) is 22.7. The summed E-state index contributed by atoms with van der Waals surface area (Å²) in [6.45, 7) is 4.89. The zero-order valence-corrected chi connectivity index (χ0v) is 22.7. The molecule has 1 fully saturated rings. The zero-order chi connectivity index (χ0) is 29.4. The number of benzene rings is 4. The molecule has 41 heavy (non-hydrogen) atoms. The fraction of sp³-hybridized carbons (Fsp3) is 0.258. The van der Waals surface area contributed by atoms with Crippen LogP contribution in [-0.4, -0.2) is 78.9 Å². The summed E-state index contributed by atoms with van der Waals surface area (Å²) < 4.78 is 11.4. The molecule has 1 saturated heterocycles. The number of ether oxygens (including phenoxy) is 2. The number of phenols is 2. The van der Waals surface area contributed by atoms with Gasteiger partial charge in [0.25, 0.3) is 0 Å². The van der Waals surface area contributed by atoms with Gasteiger partial charge in [0, 0.05) is 5.39 Å². The third kappa shape index (κ3) is 7.30. The van der Waals surface area contributed by atoms with Crippen LogP contribution in [0.2, 0.25) is 0 Å². The third-order valence-electron chi connectivity index (χ3n) is 6.94. The number of fused-ring (bicyclic) bond motifs is 1. The summed E-state index contributed by atoms with van der Waals surface area (Å²) in [6.07, 6.45) is -0.484. The van der Waals surface area contributed by atoms with Gasteiger partial charge < -0.3 is 44.8 Å². The van der Waals surface area contributed by atoms with Crippen molar-refractivity contribution in [2.45, 2.75) is 6.10 Å². The molecule has 1 atom stereocenters. The first-order valence-electron chi connectivity index (χ1n) is 13.2. The Bertz CT molecular complexity index is 1460. The number of anilines is 1. The number of hydrogen-bond acceptors (Lipinski definition) is 8. The van der Waals surface area contributed by atoms with Crippen LogP contribution in [0.4, 0.5) is 5.69 Å². The molecule has 0 unspecified atom stereocenters. The lowest BCUT2D eigenvalue weighted by molar-refractivity contribution is -0.903. The van der Waals surface area contributed by atoms with Gasteiger partial charge in [-0.1, -0.05) is 48.5 Å². The second kappa shape index (κ2) is 13.6. The van der Waals surface area contributed by atoms with E-state index in [1.807, 2.05) is 42.5 Å². The van der Waals surface area contributed by atoms with Crippen LogP contribution in [0.5, 0.6) is 28.7 Å². The Labute approximate surface area is 237 Å². The second-order valence-corrected chi connectivity index (χ2v) is 9.67. The van der Waals surface area contributed by atoms with Crippen molar-refractivity contribution in [3.63, 3.8) is 0 Å². The van der Waals surface area contributed by atoms with Gasteiger partial charge in [-0.3, -0.25) is 0 Å². The minimum absolute atomic E-state index is 0.313. The fourth-order valence-corrected chi connectivity index (χ4v) is 4.79. The SMILES string of the molecule is COc1ccccc1N1CC[NH+](C[C@H](O)COc2cccc3ccccc23)CC1.O=C(O)c1ccc(O)c(O)c1[O-]. The monoisotopic (exact) mass is 562 g/mol. The van der Waals surface area contributed by atoms with Gasteiger partial charge in [-0.15, -0.1) is 0 Å². The van der Waals surface area contributed by atoms with E-state index in [0.29, 0.717) is 13.2 Å². The first-order chi connectivity index (χ1) is 19.8. The maximum Gasteiger partial charge on any atom is 0.335 e. The summed E-state index contributed by atoms with van der Waals surface area (Å²) in [5.74, 6) is -2.32. The molecule has 0 amide bonds. The predicted molar refractivity (Wildman–Crippen MR) is 152 cm³/mol. The van der Waals surface area contributed by atoms with Crippen LogP contribution in [0.25, 0.3) is 10.8 Å². The minimum atomic E-state index is -1.43. The molecule has 0 aliphatic carbocycles. The van der Waals surface area contributed by atoms with E-state index >= 15 is 0 Å². The Morgan fingerprint density at radius 1 is 0.951 bits per heavy atom. The first kappa shape index (κ1) is 29.3. The van der Waals surface area contributed by atoms with Crippen LogP contribution in [0, 0.1) is 0 Å². The molecule has 10 nitrogen and oxygen atoms in total. The number of piperazine rings is 1. The number of nitrogens with zero attached hydrogens (tertiary/aromatic N) is 1. The number of quaternary nitrogens is 1. The van der Waals surface area contributed by atoms with Crippen molar-refractivity contribution >= 4 is 22.4 Å². The Morgan fingerprint density at radius 3 is 2.34 bits per heavy atom. The van der Waals surface area contributed by atoms with Gasteiger partial charge in [0.2, 0.25) is 0 Å². The Balaban J connectivity index is 0.000000271. The number of phenolic OH excluding ortho intramolecular Hbond substituents is 2. The van der Waals surface area contributed by atoms with Crippen molar-refractivity contribution in [3.8, 4) is 28.7 Å². The van der Waals surface area contributed by atoms with Crippen LogP contribution < -0.4 is 24.4 Å². The quantitative estimate of drug-likeness (QED) is 0.203. The summed E-state index contributed by atoms with van der Waals surface area (Å²) >= 11 is 0. The summed E-state index contributed by atoms with van der Waals surface area (Å²) in [5, 5.41) is 49.6.